The van der Waals surface area contributed by atoms with Gasteiger partial charge in [0.05, 0.1) is 26.4 Å². The van der Waals surface area contributed by atoms with Crippen LogP contribution in [0.1, 0.15) is 0 Å². The lowest BCUT2D eigenvalue weighted by atomic mass is 10.1. The summed E-state index contributed by atoms with van der Waals surface area (Å²) in [5, 5.41) is 25.3. The summed E-state index contributed by atoms with van der Waals surface area (Å²) in [5.41, 5.74) is 2.29. The third kappa shape index (κ3) is 6.33. The predicted octanol–water partition coefficient (Wildman–Crippen LogP) is 2.05. The summed E-state index contributed by atoms with van der Waals surface area (Å²) < 4.78 is 4.63. The van der Waals surface area contributed by atoms with Gasteiger partial charge in [-0.25, -0.2) is 0 Å². The van der Waals surface area contributed by atoms with Gasteiger partial charge in [-0.15, -0.1) is 0 Å². The zero-order valence-corrected chi connectivity index (χ0v) is 11.3. The van der Waals surface area contributed by atoms with Crippen LogP contribution in [0.4, 0.5) is 0 Å². The highest BCUT2D eigenvalue weighted by Gasteiger charge is 1.94. The van der Waals surface area contributed by atoms with Crippen molar-refractivity contribution in [3.63, 3.8) is 0 Å². The lowest BCUT2D eigenvalue weighted by Gasteiger charge is -2.00. The molecule has 0 aromatic heterocycles. The maximum atomic E-state index is 9.10. The summed E-state index contributed by atoms with van der Waals surface area (Å²) in [6, 6.07) is 17.3. The van der Waals surface area contributed by atoms with Crippen molar-refractivity contribution in [3.05, 3.63) is 54.6 Å². The molecule has 0 aliphatic carbocycles. The SMILES string of the molecule is OCCOCCO.Oc1ccc(-c2ccccc2)cc1. The summed E-state index contributed by atoms with van der Waals surface area (Å²) in [6.45, 7) is 0.696. The number of phenols is 1. The van der Waals surface area contributed by atoms with Crippen molar-refractivity contribution in [3.8, 4) is 16.9 Å². The van der Waals surface area contributed by atoms with Gasteiger partial charge in [0.25, 0.3) is 0 Å². The third-order valence-corrected chi connectivity index (χ3v) is 2.45. The molecule has 0 radical (unpaired) electrons. The minimum atomic E-state index is 0.0278. The Morgan fingerprint density at radius 3 is 1.70 bits per heavy atom. The molecule has 3 N–H and O–H groups in total. The van der Waals surface area contributed by atoms with E-state index in [-0.39, 0.29) is 13.2 Å². The Kier molecular flexibility index (Phi) is 8.07. The first-order valence-electron chi connectivity index (χ1n) is 6.42. The maximum Gasteiger partial charge on any atom is 0.115 e. The summed E-state index contributed by atoms with van der Waals surface area (Å²) in [7, 11) is 0. The van der Waals surface area contributed by atoms with Crippen LogP contribution in [0, 0.1) is 0 Å². The lowest BCUT2D eigenvalue weighted by molar-refractivity contribution is 0.0650. The van der Waals surface area contributed by atoms with E-state index in [9.17, 15) is 0 Å². The van der Waals surface area contributed by atoms with Gasteiger partial charge in [0, 0.05) is 0 Å². The molecule has 0 saturated heterocycles. The van der Waals surface area contributed by atoms with Crippen LogP contribution in [0.3, 0.4) is 0 Å². The van der Waals surface area contributed by atoms with E-state index >= 15 is 0 Å². The number of hydrogen-bond acceptors (Lipinski definition) is 4. The monoisotopic (exact) mass is 276 g/mol. The Bertz CT molecular complexity index is 450. The number of rotatable bonds is 5. The van der Waals surface area contributed by atoms with Gasteiger partial charge < -0.3 is 20.1 Å². The Morgan fingerprint density at radius 2 is 1.20 bits per heavy atom. The zero-order valence-electron chi connectivity index (χ0n) is 11.3. The fourth-order valence-corrected chi connectivity index (χ4v) is 1.52. The highest BCUT2D eigenvalue weighted by molar-refractivity contribution is 5.63. The van der Waals surface area contributed by atoms with Crippen LogP contribution in [0.2, 0.25) is 0 Å². The Labute approximate surface area is 118 Å². The third-order valence-electron chi connectivity index (χ3n) is 2.45. The average molecular weight is 276 g/mol. The van der Waals surface area contributed by atoms with E-state index in [1.165, 1.54) is 5.56 Å². The van der Waals surface area contributed by atoms with Gasteiger partial charge in [-0.2, -0.15) is 0 Å². The van der Waals surface area contributed by atoms with E-state index in [2.05, 4.69) is 4.74 Å². The van der Waals surface area contributed by atoms with Crippen LogP contribution < -0.4 is 0 Å². The van der Waals surface area contributed by atoms with Gasteiger partial charge >= 0.3 is 0 Å². The molecule has 4 heteroatoms. The van der Waals surface area contributed by atoms with E-state index in [0.717, 1.165) is 5.56 Å². The van der Waals surface area contributed by atoms with Crippen molar-refractivity contribution < 1.29 is 20.1 Å². The van der Waals surface area contributed by atoms with Gasteiger partial charge in [0.15, 0.2) is 0 Å². The molecule has 4 nitrogen and oxygen atoms in total. The van der Waals surface area contributed by atoms with Crippen molar-refractivity contribution in [1.29, 1.82) is 0 Å². The molecule has 0 saturated carbocycles. The van der Waals surface area contributed by atoms with Crippen LogP contribution in [-0.2, 0) is 4.74 Å². The molecule has 2 aromatic rings. The van der Waals surface area contributed by atoms with Gasteiger partial charge in [0.2, 0.25) is 0 Å². The summed E-state index contributed by atoms with van der Waals surface area (Å²) in [4.78, 5) is 0. The molecule has 2 rings (SSSR count). The molecule has 0 spiro atoms. The van der Waals surface area contributed by atoms with Crippen LogP contribution in [0.25, 0.3) is 11.1 Å². The quantitative estimate of drug-likeness (QED) is 0.731. The van der Waals surface area contributed by atoms with Crippen LogP contribution in [0.5, 0.6) is 5.75 Å². The normalized spacial score (nSPS) is 9.70. The Hall–Kier alpha value is -1.88. The average Bonchev–Trinajstić information content (AvgIpc) is 2.50. The van der Waals surface area contributed by atoms with E-state index in [0.29, 0.717) is 19.0 Å². The lowest BCUT2D eigenvalue weighted by Crippen LogP contribution is -2.03. The molecular weight excluding hydrogens is 256 g/mol. The molecule has 0 aliphatic heterocycles. The predicted molar refractivity (Wildman–Crippen MR) is 78.5 cm³/mol. The molecule has 0 bridgehead atoms. The molecule has 0 amide bonds. The second kappa shape index (κ2) is 9.97. The summed E-state index contributed by atoms with van der Waals surface area (Å²) in [5.74, 6) is 0.305. The molecule has 0 heterocycles. The molecule has 2 aromatic carbocycles. The summed E-state index contributed by atoms with van der Waals surface area (Å²) in [6.07, 6.45) is 0. The number of ether oxygens (including phenoxy) is 1. The molecule has 0 aliphatic rings. The minimum Gasteiger partial charge on any atom is -0.508 e. The van der Waals surface area contributed by atoms with Crippen LogP contribution >= 0.6 is 0 Å². The number of aromatic hydroxyl groups is 1. The van der Waals surface area contributed by atoms with Crippen molar-refractivity contribution in [1.82, 2.24) is 0 Å². The fourth-order valence-electron chi connectivity index (χ4n) is 1.52. The molecule has 20 heavy (non-hydrogen) atoms. The van der Waals surface area contributed by atoms with Crippen molar-refractivity contribution in [2.45, 2.75) is 0 Å². The highest BCUT2D eigenvalue weighted by Crippen LogP contribution is 2.20. The van der Waals surface area contributed by atoms with Crippen LogP contribution in [-0.4, -0.2) is 41.7 Å². The number of phenolic OH excluding ortho intramolecular Hbond substituents is 1. The smallest absolute Gasteiger partial charge is 0.115 e. The molecule has 108 valence electrons. The number of benzene rings is 2. The second-order valence-electron chi connectivity index (χ2n) is 3.97. The molecule has 0 atom stereocenters. The van der Waals surface area contributed by atoms with Gasteiger partial charge in [0.1, 0.15) is 5.75 Å². The highest BCUT2D eigenvalue weighted by atomic mass is 16.5. The first-order chi connectivity index (χ1) is 9.77. The summed E-state index contributed by atoms with van der Waals surface area (Å²) >= 11 is 0. The fraction of sp³-hybridized carbons (Fsp3) is 0.250. The van der Waals surface area contributed by atoms with E-state index in [4.69, 9.17) is 15.3 Å². The first kappa shape index (κ1) is 16.2. The van der Waals surface area contributed by atoms with E-state index in [1.807, 2.05) is 42.5 Å². The second-order valence-corrected chi connectivity index (χ2v) is 3.97. The topological polar surface area (TPSA) is 69.9 Å². The Balaban J connectivity index is 0.000000246. The molecule has 0 unspecified atom stereocenters. The van der Waals surface area contributed by atoms with E-state index < -0.39 is 0 Å². The van der Waals surface area contributed by atoms with Gasteiger partial charge in [-0.3, -0.25) is 0 Å². The van der Waals surface area contributed by atoms with Crippen molar-refractivity contribution in [2.24, 2.45) is 0 Å². The minimum absolute atomic E-state index is 0.0278. The largest absolute Gasteiger partial charge is 0.508 e. The van der Waals surface area contributed by atoms with Crippen molar-refractivity contribution in [2.75, 3.05) is 26.4 Å². The molecule has 0 fully saturated rings. The number of hydrogen-bond donors (Lipinski definition) is 3. The number of aliphatic hydroxyl groups is 2. The number of aliphatic hydroxyl groups excluding tert-OH is 2. The van der Waals surface area contributed by atoms with Crippen LogP contribution in [0.15, 0.2) is 54.6 Å². The van der Waals surface area contributed by atoms with Crippen molar-refractivity contribution >= 4 is 0 Å². The maximum absolute atomic E-state index is 9.10. The molecular formula is C16H20O4. The van der Waals surface area contributed by atoms with Gasteiger partial charge in [-0.05, 0) is 23.3 Å². The van der Waals surface area contributed by atoms with Gasteiger partial charge in [-0.1, -0.05) is 42.5 Å². The van der Waals surface area contributed by atoms with E-state index in [1.54, 1.807) is 12.1 Å². The Morgan fingerprint density at radius 1 is 0.700 bits per heavy atom. The zero-order chi connectivity index (χ0) is 14.6. The first-order valence-corrected chi connectivity index (χ1v) is 6.42. The standard InChI is InChI=1S/C12H10O.C4H10O3/c13-12-8-6-11(7-9-12)10-4-2-1-3-5-10;5-1-3-7-4-2-6/h1-9,13H;5-6H,1-4H2.